The van der Waals surface area contributed by atoms with Gasteiger partial charge in [0.25, 0.3) is 0 Å². The predicted octanol–water partition coefficient (Wildman–Crippen LogP) is 3.68. The lowest BCUT2D eigenvalue weighted by atomic mass is 10.0. The summed E-state index contributed by atoms with van der Waals surface area (Å²) in [6.07, 6.45) is -8.73. The lowest BCUT2D eigenvalue weighted by Crippen LogP contribution is -2.35. The maximum absolute atomic E-state index is 12.9. The van der Waals surface area contributed by atoms with Crippen LogP contribution in [0.3, 0.4) is 0 Å². The molecule has 2 aromatic rings. The highest BCUT2D eigenvalue weighted by atomic mass is 35.5. The molecule has 0 saturated carbocycles. The highest BCUT2D eigenvalue weighted by Crippen LogP contribution is 2.36. The maximum atomic E-state index is 12.9. The number of rotatable bonds is 6. The Hall–Kier alpha value is -2.29. The van der Waals surface area contributed by atoms with Gasteiger partial charge in [-0.15, -0.1) is 0 Å². The van der Waals surface area contributed by atoms with Crippen LogP contribution in [0.4, 0.5) is 18.0 Å². The van der Waals surface area contributed by atoms with Crippen LogP contribution in [0.2, 0.25) is 5.02 Å². The Balaban J connectivity index is 1.90. The minimum atomic E-state index is -4.70. The molecule has 0 radical (unpaired) electrons. The van der Waals surface area contributed by atoms with Gasteiger partial charge in [-0.2, -0.15) is 13.2 Å². The molecule has 0 heterocycles. The van der Waals surface area contributed by atoms with Gasteiger partial charge in [-0.3, -0.25) is 0 Å². The molecule has 27 heavy (non-hydrogen) atoms. The van der Waals surface area contributed by atoms with Gasteiger partial charge in [-0.1, -0.05) is 48.0 Å². The third-order valence-corrected chi connectivity index (χ3v) is 4.00. The zero-order valence-electron chi connectivity index (χ0n) is 13.9. The second kappa shape index (κ2) is 9.07. The van der Waals surface area contributed by atoms with Crippen LogP contribution in [-0.4, -0.2) is 29.0 Å². The third kappa shape index (κ3) is 6.13. The first-order valence-electron chi connectivity index (χ1n) is 7.86. The number of carbonyl (C=O) groups excluding carboxylic acids is 1. The van der Waals surface area contributed by atoms with Gasteiger partial charge in [0.05, 0.1) is 10.6 Å². The zero-order chi connectivity index (χ0) is 20.0. The molecule has 5 nitrogen and oxygen atoms in total. The van der Waals surface area contributed by atoms with Crippen molar-refractivity contribution in [3.05, 3.63) is 70.2 Å². The molecule has 0 fully saturated rings. The molecule has 0 spiro atoms. The van der Waals surface area contributed by atoms with E-state index in [0.29, 0.717) is 6.07 Å². The average Bonchev–Trinajstić information content (AvgIpc) is 2.64. The highest BCUT2D eigenvalue weighted by molar-refractivity contribution is 6.31. The van der Waals surface area contributed by atoms with E-state index >= 15 is 0 Å². The van der Waals surface area contributed by atoms with Crippen molar-refractivity contribution in [2.24, 2.45) is 0 Å². The molecule has 2 aromatic carbocycles. The van der Waals surface area contributed by atoms with Gasteiger partial charge in [0.15, 0.2) is 0 Å². The monoisotopic (exact) mass is 403 g/mol. The minimum absolute atomic E-state index is 0.0114. The minimum Gasteiger partial charge on any atom is -0.445 e. The van der Waals surface area contributed by atoms with E-state index in [2.05, 4.69) is 5.32 Å². The van der Waals surface area contributed by atoms with Crippen LogP contribution in [-0.2, 0) is 17.5 Å². The number of nitrogens with one attached hydrogen (secondary N) is 1. The molecule has 0 aliphatic heterocycles. The van der Waals surface area contributed by atoms with Gasteiger partial charge in [0, 0.05) is 6.54 Å². The van der Waals surface area contributed by atoms with E-state index in [1.807, 2.05) is 6.07 Å². The summed E-state index contributed by atoms with van der Waals surface area (Å²) in [5, 5.41) is 21.7. The topological polar surface area (TPSA) is 78.8 Å². The van der Waals surface area contributed by atoms with E-state index in [0.717, 1.165) is 11.6 Å². The largest absolute Gasteiger partial charge is 0.445 e. The maximum Gasteiger partial charge on any atom is 0.417 e. The Morgan fingerprint density at radius 3 is 2.44 bits per heavy atom. The number of benzene rings is 2. The standard InChI is InChI=1S/C18H17ClF3NO4/c19-14-7-6-12(8-13(14)18(20,21)22)16(25)15(24)9-23-17(26)27-10-11-4-2-1-3-5-11/h1-8,15-16,24-25H,9-10H2,(H,23,26). The van der Waals surface area contributed by atoms with Gasteiger partial charge >= 0.3 is 12.3 Å². The van der Waals surface area contributed by atoms with Gasteiger partial charge in [-0.05, 0) is 23.3 Å². The highest BCUT2D eigenvalue weighted by Gasteiger charge is 2.34. The normalized spacial score (nSPS) is 13.7. The first-order chi connectivity index (χ1) is 12.7. The molecule has 2 unspecified atom stereocenters. The molecule has 0 aliphatic carbocycles. The predicted molar refractivity (Wildman–Crippen MR) is 92.1 cm³/mol. The molecule has 0 bridgehead atoms. The molecular weight excluding hydrogens is 387 g/mol. The fourth-order valence-corrected chi connectivity index (χ4v) is 2.46. The second-order valence-corrected chi connectivity index (χ2v) is 6.10. The van der Waals surface area contributed by atoms with Crippen molar-refractivity contribution in [1.82, 2.24) is 5.32 Å². The number of carbonyl (C=O) groups is 1. The molecule has 1 amide bonds. The van der Waals surface area contributed by atoms with E-state index in [1.54, 1.807) is 24.3 Å². The van der Waals surface area contributed by atoms with E-state index in [9.17, 15) is 28.2 Å². The number of alkyl halides is 3. The van der Waals surface area contributed by atoms with Crippen LogP contribution < -0.4 is 5.32 Å². The second-order valence-electron chi connectivity index (χ2n) is 5.69. The Kier molecular flexibility index (Phi) is 7.06. The van der Waals surface area contributed by atoms with Gasteiger partial charge in [0.2, 0.25) is 0 Å². The van der Waals surface area contributed by atoms with Gasteiger partial charge in [-0.25, -0.2) is 4.79 Å². The van der Waals surface area contributed by atoms with Crippen molar-refractivity contribution in [3.8, 4) is 0 Å². The Bertz CT molecular complexity index is 771. The summed E-state index contributed by atoms with van der Waals surface area (Å²) >= 11 is 5.52. The lowest BCUT2D eigenvalue weighted by Gasteiger charge is -2.20. The van der Waals surface area contributed by atoms with Gasteiger partial charge in [0.1, 0.15) is 18.8 Å². The van der Waals surface area contributed by atoms with Crippen LogP contribution in [0, 0.1) is 0 Å². The van der Waals surface area contributed by atoms with Gasteiger partial charge < -0.3 is 20.3 Å². The van der Waals surface area contributed by atoms with Crippen molar-refractivity contribution in [1.29, 1.82) is 0 Å². The summed E-state index contributed by atoms with van der Waals surface area (Å²) in [4.78, 5) is 11.6. The molecule has 9 heteroatoms. The Morgan fingerprint density at radius 1 is 1.15 bits per heavy atom. The molecule has 3 N–H and O–H groups in total. The summed E-state index contributed by atoms with van der Waals surface area (Å²) in [5.41, 5.74) is -0.545. The van der Waals surface area contributed by atoms with E-state index in [-0.39, 0.29) is 12.2 Å². The van der Waals surface area contributed by atoms with Crippen molar-refractivity contribution < 1.29 is 32.9 Å². The number of hydrogen-bond acceptors (Lipinski definition) is 4. The summed E-state index contributed by atoms with van der Waals surface area (Å²) in [5.74, 6) is 0. The fraction of sp³-hybridized carbons (Fsp3) is 0.278. The smallest absolute Gasteiger partial charge is 0.417 e. The lowest BCUT2D eigenvalue weighted by molar-refractivity contribution is -0.137. The average molecular weight is 404 g/mol. The fourth-order valence-electron chi connectivity index (χ4n) is 2.24. The van der Waals surface area contributed by atoms with E-state index < -0.39 is 41.6 Å². The van der Waals surface area contributed by atoms with E-state index in [4.69, 9.17) is 16.3 Å². The number of hydrogen-bond donors (Lipinski definition) is 3. The van der Waals surface area contributed by atoms with Crippen molar-refractivity contribution in [2.75, 3.05) is 6.54 Å². The molecular formula is C18H17ClF3NO4. The SMILES string of the molecule is O=C(NCC(O)C(O)c1ccc(Cl)c(C(F)(F)F)c1)OCc1ccccc1. The van der Waals surface area contributed by atoms with Crippen LogP contribution in [0.15, 0.2) is 48.5 Å². The third-order valence-electron chi connectivity index (χ3n) is 3.67. The summed E-state index contributed by atoms with van der Waals surface area (Å²) in [6.45, 7) is -0.407. The molecule has 0 aromatic heterocycles. The van der Waals surface area contributed by atoms with Crippen LogP contribution in [0.1, 0.15) is 22.8 Å². The number of alkyl carbamates (subject to hydrolysis) is 1. The quantitative estimate of drug-likeness (QED) is 0.687. The molecule has 2 atom stereocenters. The number of ether oxygens (including phenoxy) is 1. The van der Waals surface area contributed by atoms with Crippen LogP contribution in [0.25, 0.3) is 0 Å². The number of aliphatic hydroxyl groups is 2. The summed E-state index contributed by atoms with van der Waals surface area (Å²) in [7, 11) is 0. The first kappa shape index (κ1) is 21.0. The summed E-state index contributed by atoms with van der Waals surface area (Å²) in [6, 6.07) is 11.7. The summed E-state index contributed by atoms with van der Waals surface area (Å²) < 4.78 is 43.5. The Labute approximate surface area is 158 Å². The first-order valence-corrected chi connectivity index (χ1v) is 8.23. The van der Waals surface area contributed by atoms with E-state index in [1.165, 1.54) is 6.07 Å². The number of aliphatic hydroxyl groups excluding tert-OH is 2. The molecule has 0 saturated heterocycles. The van der Waals surface area contributed by atoms with Crippen molar-refractivity contribution in [2.45, 2.75) is 25.0 Å². The zero-order valence-corrected chi connectivity index (χ0v) is 14.7. The number of amides is 1. The molecule has 2 rings (SSSR count). The van der Waals surface area contributed by atoms with Crippen LogP contribution >= 0.6 is 11.6 Å². The number of halogens is 4. The molecule has 146 valence electrons. The molecule has 0 aliphatic rings. The van der Waals surface area contributed by atoms with Crippen molar-refractivity contribution >= 4 is 17.7 Å². The Morgan fingerprint density at radius 2 is 1.81 bits per heavy atom. The van der Waals surface area contributed by atoms with Crippen LogP contribution in [0.5, 0.6) is 0 Å². The van der Waals surface area contributed by atoms with Crippen molar-refractivity contribution in [3.63, 3.8) is 0 Å².